The number of amides is 2. The average molecular weight is 1260 g/mol. The topological polar surface area (TPSA) is 150 Å². The zero-order chi connectivity index (χ0) is 64.0. The number of carbonyl (C=O) groups excluding carboxylic acids is 2. The Morgan fingerprint density at radius 1 is 0.261 bits per heavy atom. The highest BCUT2D eigenvalue weighted by Gasteiger charge is 2.14. The summed E-state index contributed by atoms with van der Waals surface area (Å²) in [7, 11) is 3.26. The van der Waals surface area contributed by atoms with Crippen LogP contribution in [0.15, 0.2) is 0 Å². The number of methoxy groups -OCH3 is 2. The van der Waals surface area contributed by atoms with Crippen molar-refractivity contribution in [2.75, 3.05) is 120 Å². The Kier molecular flexibility index (Phi) is 81.6. The molecule has 0 spiro atoms. The summed E-state index contributed by atoms with van der Waals surface area (Å²) in [4.78, 5) is 24.2. The fourth-order valence-electron chi connectivity index (χ4n) is 10.6. The summed E-state index contributed by atoms with van der Waals surface area (Å²) in [5, 5.41) is 5.67. The van der Waals surface area contributed by atoms with E-state index in [1.165, 1.54) is 283 Å². The van der Waals surface area contributed by atoms with Gasteiger partial charge in [0, 0.05) is 56.6 Å². The van der Waals surface area contributed by atoms with Crippen molar-refractivity contribution in [3.8, 4) is 0 Å². The number of alkyl carbamates (subject to hydrolysis) is 2. The Morgan fingerprint density at radius 2 is 0.477 bits per heavy atom. The van der Waals surface area contributed by atoms with Crippen LogP contribution in [0.25, 0.3) is 0 Å². The summed E-state index contributed by atoms with van der Waals surface area (Å²) in [5.41, 5.74) is 0. The normalized spacial score (nSPS) is 12.1. The van der Waals surface area contributed by atoms with Gasteiger partial charge in [0.25, 0.3) is 0 Å². The van der Waals surface area contributed by atoms with Gasteiger partial charge in [0.15, 0.2) is 0 Å². The van der Waals surface area contributed by atoms with Gasteiger partial charge >= 0.3 is 12.2 Å². The minimum absolute atomic E-state index is 0. The van der Waals surface area contributed by atoms with Crippen LogP contribution in [0.5, 0.6) is 0 Å². The van der Waals surface area contributed by atoms with Crippen LogP contribution in [0, 0.1) is 0 Å². The van der Waals surface area contributed by atoms with Crippen LogP contribution in [0.3, 0.4) is 0 Å². The molecule has 0 saturated carbocycles. The van der Waals surface area contributed by atoms with Crippen LogP contribution >= 0.6 is 0 Å². The Balaban J connectivity index is -0.000000804. The number of unbranched alkanes of at least 4 members (excludes halogenated alkanes) is 44. The average Bonchev–Trinajstić information content (AvgIpc) is 3.54. The Morgan fingerprint density at radius 3 is 0.716 bits per heavy atom. The third-order valence-corrected chi connectivity index (χ3v) is 16.3. The van der Waals surface area contributed by atoms with Crippen LogP contribution in [0.1, 0.15) is 339 Å². The molecule has 0 fully saturated rings. The second kappa shape index (κ2) is 81.3. The molecule has 0 aliphatic rings. The van der Waals surface area contributed by atoms with Crippen LogP contribution in [0.4, 0.5) is 9.59 Å². The number of hydrogen-bond donors (Lipinski definition) is 2. The van der Waals surface area contributed by atoms with E-state index < -0.39 is 12.2 Å². The summed E-state index contributed by atoms with van der Waals surface area (Å²) < 4.78 is 55.2. The maximum Gasteiger partial charge on any atom is 0.407 e. The van der Waals surface area contributed by atoms with Gasteiger partial charge < -0.3 is 58.0 Å². The summed E-state index contributed by atoms with van der Waals surface area (Å²) in [6.45, 7) is 17.0. The molecule has 0 aliphatic carbocycles. The maximum absolute atomic E-state index is 12.1. The minimum Gasteiger partial charge on any atom is -0.447 e. The standard InChI is InChI=1S/2C37H75NO6.2H2/c2*1-4-6-8-10-12-14-16-18-20-22-24-26-28-42-35-36(34-38-37(39)44-33-32-41-31-30-40-3)43-29-27-25-23-21-19-17-15-13-11-9-7-5-2;;/h2*36H,4-35H2,1-3H3,(H,38,39);2*1H/t36-;;;/m0.../s1. The fraction of sp³-hybridized carbons (Fsp3) is 0.973. The summed E-state index contributed by atoms with van der Waals surface area (Å²) in [6, 6.07) is 0. The van der Waals surface area contributed by atoms with Crippen molar-refractivity contribution in [3.63, 3.8) is 0 Å². The molecule has 14 heteroatoms. The second-order valence-corrected chi connectivity index (χ2v) is 24.9. The van der Waals surface area contributed by atoms with Crippen molar-refractivity contribution in [1.29, 1.82) is 0 Å². The maximum atomic E-state index is 12.1. The van der Waals surface area contributed by atoms with Crippen molar-refractivity contribution in [2.45, 2.75) is 348 Å². The van der Waals surface area contributed by atoms with E-state index in [9.17, 15) is 9.59 Å². The highest BCUT2D eigenvalue weighted by atomic mass is 16.6. The lowest BCUT2D eigenvalue weighted by atomic mass is 10.1. The van der Waals surface area contributed by atoms with Crippen molar-refractivity contribution in [2.24, 2.45) is 0 Å². The van der Waals surface area contributed by atoms with E-state index in [-0.39, 0.29) is 28.3 Å². The Bertz CT molecular complexity index is 1210. The van der Waals surface area contributed by atoms with Crippen LogP contribution in [-0.2, 0) is 47.4 Å². The molecule has 0 rings (SSSR count). The van der Waals surface area contributed by atoms with Gasteiger partial charge in [-0.25, -0.2) is 9.59 Å². The van der Waals surface area contributed by atoms with Crippen LogP contribution < -0.4 is 10.6 Å². The fourth-order valence-corrected chi connectivity index (χ4v) is 10.6. The van der Waals surface area contributed by atoms with Crippen molar-refractivity contribution < 1.29 is 59.8 Å². The lowest BCUT2D eigenvalue weighted by Gasteiger charge is -2.19. The first-order valence-electron chi connectivity index (χ1n) is 37.8. The number of hydrogen-bond acceptors (Lipinski definition) is 12. The van der Waals surface area contributed by atoms with E-state index in [1.54, 1.807) is 14.2 Å². The molecule has 0 radical (unpaired) electrons. The van der Waals surface area contributed by atoms with Gasteiger partial charge in [0.1, 0.15) is 13.2 Å². The minimum atomic E-state index is -0.444. The quantitative estimate of drug-likeness (QED) is 0.0558. The third kappa shape index (κ3) is 78.5. The highest BCUT2D eigenvalue weighted by Crippen LogP contribution is 2.17. The van der Waals surface area contributed by atoms with Gasteiger partial charge in [-0.05, 0) is 25.7 Å². The van der Waals surface area contributed by atoms with E-state index >= 15 is 0 Å². The first-order chi connectivity index (χ1) is 43.5. The van der Waals surface area contributed by atoms with E-state index in [0.717, 1.165) is 38.9 Å². The molecule has 532 valence electrons. The molecular formula is C74H154N2O12. The number of ether oxygens (including phenoxy) is 10. The first kappa shape index (κ1) is 88.3. The van der Waals surface area contributed by atoms with Gasteiger partial charge in [-0.2, -0.15) is 0 Å². The van der Waals surface area contributed by atoms with Gasteiger partial charge in [-0.1, -0.05) is 310 Å². The summed E-state index contributed by atoms with van der Waals surface area (Å²) >= 11 is 0. The number of carbonyl (C=O) groups is 2. The molecular weight excluding hydrogens is 1110 g/mol. The second-order valence-electron chi connectivity index (χ2n) is 24.9. The molecule has 0 saturated heterocycles. The molecule has 0 aliphatic heterocycles. The van der Waals surface area contributed by atoms with Crippen LogP contribution in [-0.4, -0.2) is 144 Å². The zero-order valence-electron chi connectivity index (χ0n) is 59.3. The molecule has 2 atom stereocenters. The molecule has 0 aromatic rings. The predicted octanol–water partition coefficient (Wildman–Crippen LogP) is 20.9. The van der Waals surface area contributed by atoms with Gasteiger partial charge in [-0.15, -0.1) is 0 Å². The predicted molar refractivity (Wildman–Crippen MR) is 374 cm³/mol. The van der Waals surface area contributed by atoms with E-state index in [1.807, 2.05) is 0 Å². The van der Waals surface area contributed by atoms with Gasteiger partial charge in [0.05, 0.1) is 65.1 Å². The molecule has 0 heterocycles. The number of rotatable bonds is 74. The van der Waals surface area contributed by atoms with Crippen molar-refractivity contribution in [1.82, 2.24) is 10.6 Å². The molecule has 0 aromatic heterocycles. The van der Waals surface area contributed by atoms with Crippen molar-refractivity contribution >= 4 is 12.2 Å². The molecule has 2 N–H and O–H groups in total. The largest absolute Gasteiger partial charge is 0.447 e. The molecule has 0 bridgehead atoms. The van der Waals surface area contributed by atoms with Crippen LogP contribution in [0.2, 0.25) is 0 Å². The Hall–Kier alpha value is -1.78. The van der Waals surface area contributed by atoms with Gasteiger partial charge in [0.2, 0.25) is 0 Å². The zero-order valence-corrected chi connectivity index (χ0v) is 59.3. The molecule has 2 amide bonds. The molecule has 1 unspecified atom stereocenters. The number of nitrogens with one attached hydrogen (secondary N) is 2. The van der Waals surface area contributed by atoms with Gasteiger partial charge in [-0.3, -0.25) is 0 Å². The first-order valence-corrected chi connectivity index (χ1v) is 37.8. The lowest BCUT2D eigenvalue weighted by molar-refractivity contribution is -0.0180. The smallest absolute Gasteiger partial charge is 0.407 e. The van der Waals surface area contributed by atoms with E-state index in [2.05, 4.69) is 38.3 Å². The Labute approximate surface area is 548 Å². The van der Waals surface area contributed by atoms with E-state index in [0.29, 0.717) is 79.2 Å². The molecule has 14 nitrogen and oxygen atoms in total. The monoisotopic (exact) mass is 1260 g/mol. The summed E-state index contributed by atoms with van der Waals surface area (Å²) in [6.07, 6.45) is 62.7. The molecule has 88 heavy (non-hydrogen) atoms. The summed E-state index contributed by atoms with van der Waals surface area (Å²) in [5.74, 6) is 0. The van der Waals surface area contributed by atoms with E-state index in [4.69, 9.17) is 47.4 Å². The molecule has 0 aromatic carbocycles. The lowest BCUT2D eigenvalue weighted by Crippen LogP contribution is -2.37. The SMILES string of the molecule is CCCCCCCCCCCCCCOCC(CNC(=O)OCCOCCOC)OCCCCCCCCCCCCCC.CCCCCCCCCCCCCCOC[C@H](CNC(=O)OCCOCCOC)OCCCCCCCCCCCCCC.[HH].[HH]. The van der Waals surface area contributed by atoms with Crippen molar-refractivity contribution in [3.05, 3.63) is 0 Å². The third-order valence-electron chi connectivity index (χ3n) is 16.3. The highest BCUT2D eigenvalue weighted by molar-refractivity contribution is 5.67.